The van der Waals surface area contributed by atoms with Crippen LogP contribution in [0.2, 0.25) is 0 Å². The molecule has 3 aliphatic heterocycles. The predicted molar refractivity (Wildman–Crippen MR) is 363 cm³/mol. The second-order valence-corrected chi connectivity index (χ2v) is 26.1. The van der Waals surface area contributed by atoms with Crippen LogP contribution in [-0.4, -0.2) is 192 Å². The summed E-state index contributed by atoms with van der Waals surface area (Å²) >= 11 is 0. The highest BCUT2D eigenvalue weighted by Crippen LogP contribution is 2.44. The number of halogens is 3. The molecular weight excluding hydrogens is 1310 g/mol. The molecule has 3 fully saturated rings. The zero-order chi connectivity index (χ0) is 73.7. The number of rotatable bonds is 22. The molecule has 3 saturated heterocycles. The largest absolute Gasteiger partial charge is 0.504 e. The second kappa shape index (κ2) is 34.6. The molecule has 546 valence electrons. The minimum Gasteiger partial charge on any atom is -0.504 e. The molecule has 3 unspecified atom stereocenters. The summed E-state index contributed by atoms with van der Waals surface area (Å²) in [5.74, 6) is -0.841. The van der Waals surface area contributed by atoms with Gasteiger partial charge < -0.3 is 99.1 Å². The Kier molecular flexibility index (Phi) is 27.5. The maximum Gasteiger partial charge on any atom is 0.229 e. The third-order valence-electron chi connectivity index (χ3n) is 17.3. The molecule has 0 spiro atoms. The van der Waals surface area contributed by atoms with Crippen LogP contribution < -0.4 is 34.9 Å². The van der Waals surface area contributed by atoms with E-state index < -0.39 is 102 Å². The fourth-order valence-electron chi connectivity index (χ4n) is 12.5. The number of carbonyl (C=O) groups is 3. The Balaban J connectivity index is 0.000000211. The van der Waals surface area contributed by atoms with Gasteiger partial charge in [0, 0.05) is 78.9 Å². The quantitative estimate of drug-likeness (QED) is 0.0319. The first-order chi connectivity index (χ1) is 47.1. The molecule has 3 aliphatic rings. The van der Waals surface area contributed by atoms with Gasteiger partial charge in [0.2, 0.25) is 36.6 Å². The summed E-state index contributed by atoms with van der Waals surface area (Å²) in [4.78, 5) is 33.9. The first-order valence-electron chi connectivity index (χ1n) is 32.6. The van der Waals surface area contributed by atoms with Gasteiger partial charge in [-0.2, -0.15) is 0 Å². The fourth-order valence-corrected chi connectivity index (χ4v) is 12.5. The van der Waals surface area contributed by atoms with Crippen LogP contribution in [0.4, 0.5) is 13.2 Å². The standard InChI is InChI=1S/C25H32FNO7.C25H32FNO6.C24H30FNO7/c1-14(28)27-10-9-18-19(15-7-6-8-16(26)11-15)12-17(13-20(18)31-4)33-24-22(30)21(29)23(32-5)25(2,3)34-24;1-14-11-17(9-10-27-15(2)28)19(16-7-6-8-18(26)12-16)13-20(14)32-24-22(30)21(29)23(31-5)25(3,4)33-24;1-13(27)26-11-10-14-8-9-17(19(28)18(14)15-6-5-7-16(25)12-15)32-23-21(30)20(29)22(31-4)24(2,3)33-23/h6-8,11-13,21-24,29-30H,9-10H2,1-5H3,(H,27,28);6-8,11-13,21-24,29-30H,9-10H2,1-5H3,(H,27,28);5-9,12,20-23,28-30H,10-11H2,1-4H3,(H,26,27)/t2*21-,22+,23+,24?;20-,21+,22+,23?/m000/s1. The Morgan fingerprint density at radius 3 is 1.29 bits per heavy atom. The number of phenols is 1. The molecule has 12 atom stereocenters. The van der Waals surface area contributed by atoms with Gasteiger partial charge in [-0.3, -0.25) is 14.4 Å². The van der Waals surface area contributed by atoms with Crippen molar-refractivity contribution in [3.63, 3.8) is 0 Å². The summed E-state index contributed by atoms with van der Waals surface area (Å²) in [6.07, 6.45) is -12.4. The van der Waals surface area contributed by atoms with E-state index in [1.165, 1.54) is 97.7 Å². The smallest absolute Gasteiger partial charge is 0.229 e. The molecule has 6 aromatic rings. The van der Waals surface area contributed by atoms with Crippen molar-refractivity contribution in [2.75, 3.05) is 48.1 Å². The zero-order valence-corrected chi connectivity index (χ0v) is 58.6. The lowest BCUT2D eigenvalue weighted by Gasteiger charge is -2.46. The molecule has 9 rings (SSSR count). The third kappa shape index (κ3) is 19.8. The van der Waals surface area contributed by atoms with E-state index in [-0.39, 0.29) is 35.0 Å². The van der Waals surface area contributed by atoms with E-state index >= 15 is 0 Å². The number of hydrogen-bond acceptors (Lipinski definition) is 20. The molecule has 26 heteroatoms. The Bertz CT molecular complexity index is 3700. The highest BCUT2D eigenvalue weighted by molar-refractivity contribution is 5.78. The monoisotopic (exact) mass is 1400 g/mol. The predicted octanol–water partition coefficient (Wildman–Crippen LogP) is 7.29. The van der Waals surface area contributed by atoms with Gasteiger partial charge in [-0.25, -0.2) is 13.2 Å². The molecule has 0 bridgehead atoms. The first-order valence-corrected chi connectivity index (χ1v) is 32.6. The first kappa shape index (κ1) is 79.4. The highest BCUT2D eigenvalue weighted by atomic mass is 19.1. The van der Waals surface area contributed by atoms with Crippen LogP contribution in [0, 0.1) is 24.4 Å². The zero-order valence-electron chi connectivity index (χ0n) is 58.6. The van der Waals surface area contributed by atoms with Crippen LogP contribution in [0.1, 0.15) is 84.6 Å². The van der Waals surface area contributed by atoms with Crippen LogP contribution in [0.25, 0.3) is 33.4 Å². The van der Waals surface area contributed by atoms with Crippen LogP contribution >= 0.6 is 0 Å². The topological polar surface area (TPSA) is 321 Å². The SMILES string of the molecule is CO[C@@H]1[C@@H](O)[C@@H](O)C(Oc2cc(-c3cccc(F)c3)c(CCNC(C)=O)cc2C)OC1(C)C.CO[C@@H]1[C@@H](O)[C@@H](O)C(Oc2ccc(CCNC(C)=O)c(-c3cccc(F)c3)c2O)OC1(C)C.COc1cc(OC2OC(C)(C)[C@H](OC)[C@@H](O)[C@H]2O)cc(-c2cccc(F)c2)c1CCNC(C)=O. The number of nitrogens with one attached hydrogen (secondary N) is 3. The maximum atomic E-state index is 14.0. The Morgan fingerprint density at radius 2 is 0.860 bits per heavy atom. The van der Waals surface area contributed by atoms with E-state index in [0.717, 1.165) is 22.3 Å². The molecule has 0 aromatic heterocycles. The van der Waals surface area contributed by atoms with Crippen molar-refractivity contribution in [3.05, 3.63) is 149 Å². The van der Waals surface area contributed by atoms with Crippen molar-refractivity contribution < 1.29 is 111 Å². The summed E-state index contributed by atoms with van der Waals surface area (Å²) in [5, 5.41) is 82.5. The van der Waals surface area contributed by atoms with E-state index in [1.54, 1.807) is 96.1 Å². The molecule has 100 heavy (non-hydrogen) atoms. The molecule has 6 aromatic carbocycles. The van der Waals surface area contributed by atoms with Crippen molar-refractivity contribution >= 4 is 17.7 Å². The second-order valence-electron chi connectivity index (χ2n) is 26.1. The molecule has 0 aliphatic carbocycles. The minimum atomic E-state index is -1.44. The number of aliphatic hydroxyl groups excluding tert-OH is 6. The summed E-state index contributed by atoms with van der Waals surface area (Å²) < 4.78 is 98.9. The van der Waals surface area contributed by atoms with E-state index in [1.807, 2.05) is 13.0 Å². The van der Waals surface area contributed by atoms with Crippen LogP contribution in [-0.2, 0) is 62.1 Å². The molecule has 23 nitrogen and oxygen atoms in total. The van der Waals surface area contributed by atoms with Gasteiger partial charge in [0.05, 0.1) is 23.9 Å². The van der Waals surface area contributed by atoms with Crippen LogP contribution in [0.3, 0.4) is 0 Å². The van der Waals surface area contributed by atoms with Crippen molar-refractivity contribution in [1.29, 1.82) is 0 Å². The average Bonchev–Trinajstić information content (AvgIpc) is 0.786. The molecule has 0 saturated carbocycles. The number of aromatic hydroxyl groups is 1. The van der Waals surface area contributed by atoms with Crippen molar-refractivity contribution in [2.45, 2.75) is 179 Å². The molecule has 3 amide bonds. The number of hydrogen-bond donors (Lipinski definition) is 10. The number of benzene rings is 6. The van der Waals surface area contributed by atoms with Gasteiger partial charge in [-0.1, -0.05) is 48.5 Å². The van der Waals surface area contributed by atoms with Gasteiger partial charge in [-0.15, -0.1) is 0 Å². The number of methoxy groups -OCH3 is 4. The Labute approximate surface area is 580 Å². The van der Waals surface area contributed by atoms with Gasteiger partial charge >= 0.3 is 0 Å². The lowest BCUT2D eigenvalue weighted by atomic mass is 9.89. The Hall–Kier alpha value is -7.96. The van der Waals surface area contributed by atoms with Crippen molar-refractivity contribution in [2.24, 2.45) is 0 Å². The van der Waals surface area contributed by atoms with Crippen LogP contribution in [0.5, 0.6) is 28.7 Å². The van der Waals surface area contributed by atoms with E-state index in [4.69, 9.17) is 47.4 Å². The van der Waals surface area contributed by atoms with E-state index in [0.29, 0.717) is 89.5 Å². The minimum absolute atomic E-state index is 0.0135. The number of ether oxygens (including phenoxy) is 10. The molecular formula is C74H94F3N3O20. The van der Waals surface area contributed by atoms with E-state index in [9.17, 15) is 63.3 Å². The van der Waals surface area contributed by atoms with Gasteiger partial charge in [0.25, 0.3) is 0 Å². The van der Waals surface area contributed by atoms with Gasteiger partial charge in [0.1, 0.15) is 89.6 Å². The highest BCUT2D eigenvalue weighted by Gasteiger charge is 2.53. The molecule has 10 N–H and O–H groups in total. The summed E-state index contributed by atoms with van der Waals surface area (Å²) in [5.41, 5.74) is 3.61. The average molecular weight is 1400 g/mol. The van der Waals surface area contributed by atoms with E-state index in [2.05, 4.69) is 16.0 Å². The maximum absolute atomic E-state index is 14.0. The van der Waals surface area contributed by atoms with Crippen molar-refractivity contribution in [1.82, 2.24) is 16.0 Å². The summed E-state index contributed by atoms with van der Waals surface area (Å²) in [6, 6.07) is 28.2. The lowest BCUT2D eigenvalue weighted by Crippen LogP contribution is -2.63. The Morgan fingerprint density at radius 1 is 0.460 bits per heavy atom. The fraction of sp³-hybridized carbons (Fsp3) is 0.473. The molecule has 0 radical (unpaired) electrons. The van der Waals surface area contributed by atoms with Crippen molar-refractivity contribution in [3.8, 4) is 62.1 Å². The number of amides is 3. The number of carbonyl (C=O) groups excluding carboxylic acids is 3. The number of aliphatic hydroxyl groups is 6. The number of phenolic OH excluding ortho intramolecular Hbond substituents is 1. The van der Waals surface area contributed by atoms with Gasteiger partial charge in [0.15, 0.2) is 11.5 Å². The van der Waals surface area contributed by atoms with Gasteiger partial charge in [-0.05, 0) is 167 Å². The summed E-state index contributed by atoms with van der Waals surface area (Å²) in [7, 11) is 5.78. The number of aryl methyl sites for hydroxylation is 1. The molecule has 3 heterocycles. The van der Waals surface area contributed by atoms with Crippen LogP contribution in [0.15, 0.2) is 109 Å². The third-order valence-corrected chi connectivity index (χ3v) is 17.3. The lowest BCUT2D eigenvalue weighted by molar-refractivity contribution is -0.306. The summed E-state index contributed by atoms with van der Waals surface area (Å²) in [6.45, 7) is 17.6. The normalized spacial score (nSPS) is 24.2.